The van der Waals surface area contributed by atoms with Crippen LogP contribution in [0.4, 0.5) is 26.3 Å². The first-order valence-electron chi connectivity index (χ1n) is 17.1. The van der Waals surface area contributed by atoms with Gasteiger partial charge in [-0.05, 0) is 61.8 Å². The predicted octanol–water partition coefficient (Wildman–Crippen LogP) is 7.72. The van der Waals surface area contributed by atoms with Crippen LogP contribution in [0.2, 0.25) is 0 Å². The van der Waals surface area contributed by atoms with Gasteiger partial charge >= 0.3 is 24.7 Å². The van der Waals surface area contributed by atoms with Crippen LogP contribution in [0.3, 0.4) is 0 Å². The van der Waals surface area contributed by atoms with Gasteiger partial charge < -0.3 is 29.2 Å². The van der Waals surface area contributed by atoms with Crippen LogP contribution < -0.4 is 18.9 Å². The van der Waals surface area contributed by atoms with Crippen molar-refractivity contribution in [2.24, 2.45) is 23.7 Å². The Hall–Kier alpha value is -6.44. The van der Waals surface area contributed by atoms with Gasteiger partial charge in [0, 0.05) is 24.0 Å². The summed E-state index contributed by atoms with van der Waals surface area (Å²) >= 11 is 0. The van der Waals surface area contributed by atoms with E-state index in [-0.39, 0.29) is 46.3 Å². The number of nitrogens with zero attached hydrogens (tertiary/aromatic N) is 4. The molecule has 4 N–H and O–H groups in total. The van der Waals surface area contributed by atoms with E-state index in [0.29, 0.717) is 19.3 Å². The minimum atomic E-state index is -5.06. The number of benzene rings is 2. The van der Waals surface area contributed by atoms with E-state index < -0.39 is 59.3 Å². The molecule has 0 radical (unpaired) electrons. The molecule has 4 aromatic rings. The van der Waals surface area contributed by atoms with Crippen LogP contribution in [0.1, 0.15) is 83.5 Å². The summed E-state index contributed by atoms with van der Waals surface area (Å²) in [5.74, 6) is 6.83. The molecule has 2 aromatic carbocycles. The first kappa shape index (κ1) is 39.3. The fourth-order valence-corrected chi connectivity index (χ4v) is 6.78. The summed E-state index contributed by atoms with van der Waals surface area (Å²) < 4.78 is 98.9. The summed E-state index contributed by atoms with van der Waals surface area (Å²) in [4.78, 5) is 22.7. The molecule has 14 nitrogen and oxygen atoms in total. The van der Waals surface area contributed by atoms with E-state index in [1.54, 1.807) is 0 Å². The summed E-state index contributed by atoms with van der Waals surface area (Å²) in [5.41, 5.74) is -1.15. The van der Waals surface area contributed by atoms with Gasteiger partial charge in [0.2, 0.25) is 11.4 Å². The van der Waals surface area contributed by atoms with E-state index in [1.807, 2.05) is 0 Å². The van der Waals surface area contributed by atoms with Gasteiger partial charge in [-0.15, -0.1) is 26.3 Å². The zero-order valence-electron chi connectivity index (χ0n) is 28.8. The van der Waals surface area contributed by atoms with E-state index in [0.717, 1.165) is 50.3 Å². The van der Waals surface area contributed by atoms with Crippen molar-refractivity contribution in [2.75, 3.05) is 0 Å². The molecule has 2 aromatic heterocycles. The largest absolute Gasteiger partial charge is 0.573 e. The van der Waals surface area contributed by atoms with Crippen LogP contribution >= 0.6 is 0 Å². The number of aromatic carboxylic acids is 2. The molecule has 2 fully saturated rings. The van der Waals surface area contributed by atoms with Crippen LogP contribution in [0.5, 0.6) is 34.8 Å². The number of aromatic nitrogens is 6. The van der Waals surface area contributed by atoms with Crippen molar-refractivity contribution in [3.05, 3.63) is 58.9 Å². The van der Waals surface area contributed by atoms with Crippen molar-refractivity contribution in [3.8, 4) is 58.4 Å². The number of hydrogen-bond donors (Lipinski definition) is 4. The van der Waals surface area contributed by atoms with Crippen LogP contribution in [0.15, 0.2) is 36.4 Å². The molecule has 0 saturated heterocycles. The Labute approximate surface area is 312 Å². The van der Waals surface area contributed by atoms with Crippen molar-refractivity contribution in [1.29, 1.82) is 0 Å². The average molecular weight is 789 g/mol. The van der Waals surface area contributed by atoms with E-state index in [4.69, 9.17) is 9.47 Å². The fraction of sp³-hybridized carbons (Fsp3) is 0.389. The Balaban J connectivity index is 1.15. The Kier molecular flexibility index (Phi) is 11.6. The lowest BCUT2D eigenvalue weighted by molar-refractivity contribution is -0.275. The molecule has 0 aliphatic heterocycles. The van der Waals surface area contributed by atoms with E-state index in [9.17, 15) is 46.1 Å². The van der Waals surface area contributed by atoms with Gasteiger partial charge in [0.15, 0.2) is 0 Å². The maximum atomic E-state index is 13.3. The van der Waals surface area contributed by atoms with Crippen molar-refractivity contribution in [2.45, 2.75) is 64.1 Å². The van der Waals surface area contributed by atoms with E-state index in [1.165, 1.54) is 18.2 Å². The first-order chi connectivity index (χ1) is 26.6. The number of rotatable bonds is 9. The number of carbonyl (C=O) groups is 2. The smallest absolute Gasteiger partial charge is 0.476 e. The lowest BCUT2D eigenvalue weighted by Gasteiger charge is -2.36. The number of carboxylic acids is 2. The molecule has 4 atom stereocenters. The number of H-pyrrole nitrogens is 2. The molecule has 6 rings (SSSR count). The normalized spacial score (nSPS) is 19.8. The van der Waals surface area contributed by atoms with Crippen molar-refractivity contribution >= 4 is 11.9 Å². The van der Waals surface area contributed by atoms with Gasteiger partial charge in [-0.2, -0.15) is 0 Å². The molecule has 294 valence electrons. The predicted molar refractivity (Wildman–Crippen MR) is 178 cm³/mol. The van der Waals surface area contributed by atoms with Gasteiger partial charge in [-0.25, -0.2) is 19.8 Å². The van der Waals surface area contributed by atoms with Crippen LogP contribution in [0, 0.1) is 47.4 Å². The molecule has 56 heavy (non-hydrogen) atoms. The Morgan fingerprint density at radius 1 is 0.661 bits per heavy atom. The Morgan fingerprint density at radius 2 is 1.14 bits per heavy atom. The lowest BCUT2D eigenvalue weighted by Crippen LogP contribution is -2.26. The van der Waals surface area contributed by atoms with Crippen LogP contribution in [-0.2, 0) is 0 Å². The molecule has 4 unspecified atom stereocenters. The van der Waals surface area contributed by atoms with E-state index >= 15 is 0 Å². The molecular weight excluding hydrogens is 758 g/mol. The molecule has 2 aliphatic carbocycles. The zero-order valence-corrected chi connectivity index (χ0v) is 28.8. The molecule has 2 aliphatic rings. The minimum absolute atomic E-state index is 0.0432. The number of aromatic amines is 2. The van der Waals surface area contributed by atoms with Gasteiger partial charge in [0.05, 0.1) is 11.1 Å². The van der Waals surface area contributed by atoms with Gasteiger partial charge in [0.25, 0.3) is 11.8 Å². The molecule has 2 heterocycles. The van der Waals surface area contributed by atoms with Crippen LogP contribution in [0.25, 0.3) is 0 Å². The van der Waals surface area contributed by atoms with Crippen LogP contribution in [-0.4, -0.2) is 65.7 Å². The second kappa shape index (κ2) is 16.5. The van der Waals surface area contributed by atoms with Gasteiger partial charge in [-0.1, -0.05) is 70.0 Å². The molecule has 2 saturated carbocycles. The lowest BCUT2D eigenvalue weighted by atomic mass is 9.68. The minimum Gasteiger partial charge on any atom is -0.476 e. The number of nitrogens with one attached hydrogen (secondary N) is 2. The number of ether oxygens (including phenoxy) is 4. The molecule has 20 heteroatoms. The van der Waals surface area contributed by atoms with Gasteiger partial charge in [-0.3, -0.25) is 0 Å². The number of carboxylic acid groups (broad SMARTS) is 2. The fourth-order valence-electron chi connectivity index (χ4n) is 6.78. The Bertz CT molecular complexity index is 2200. The van der Waals surface area contributed by atoms with E-state index in [2.05, 4.69) is 64.0 Å². The monoisotopic (exact) mass is 788 g/mol. The number of hydrogen-bond acceptors (Lipinski definition) is 10. The maximum Gasteiger partial charge on any atom is 0.573 e. The highest BCUT2D eigenvalue weighted by Crippen LogP contribution is 2.42. The summed E-state index contributed by atoms with van der Waals surface area (Å²) in [5, 5.41) is 36.5. The summed E-state index contributed by atoms with van der Waals surface area (Å²) in [6.07, 6.45) is -3.81. The highest BCUT2D eigenvalue weighted by Gasteiger charge is 2.34. The topological polar surface area (TPSA) is 195 Å². The number of alkyl halides is 6. The highest BCUT2D eigenvalue weighted by atomic mass is 19.4. The SMILES string of the molecule is O=C(O)c1[nH]nnc1Oc1ccc(OC(F)(F)F)c(C#CC2CCCC(C3CCCC(C#Cc4ccc(Oc5nn[nH]c5C(=O)O)cc4OC(F)(F)F)C3)C2)c1. The second-order valence-corrected chi connectivity index (χ2v) is 13.0. The quantitative estimate of drug-likeness (QED) is 0.0954. The molecular formula is C36H30F6N6O8. The summed E-state index contributed by atoms with van der Waals surface area (Å²) in [7, 11) is 0. The summed E-state index contributed by atoms with van der Waals surface area (Å²) in [6, 6.07) is 6.85. The van der Waals surface area contributed by atoms with Crippen molar-refractivity contribution in [1.82, 2.24) is 30.8 Å². The third-order valence-corrected chi connectivity index (χ3v) is 9.16. The third-order valence-electron chi connectivity index (χ3n) is 9.16. The third kappa shape index (κ3) is 10.4. The Morgan fingerprint density at radius 3 is 1.66 bits per heavy atom. The standard InChI is InChI=1S/C36H30F6N6O8/c37-35(38,39)55-27-14-13-25(53-31-29(33(49)50)43-47-45-31)17-24(27)10-8-20-4-2-6-23(16-20)22-5-1-3-19(15-22)7-9-21-11-12-26(18-28(21)56-36(40,41)42)54-32-30(34(51)52)44-48-46-32/h11-14,17-20,22-23H,1-6,15-16H2,(H,49,50)(H,51,52)(H,43,45,47)(H,44,46,48). The number of halogens is 6. The first-order valence-corrected chi connectivity index (χ1v) is 17.1. The van der Waals surface area contributed by atoms with Gasteiger partial charge in [0.1, 0.15) is 23.0 Å². The maximum absolute atomic E-state index is 13.3. The summed E-state index contributed by atoms with van der Waals surface area (Å²) in [6.45, 7) is 0. The van der Waals surface area contributed by atoms with Crippen molar-refractivity contribution in [3.63, 3.8) is 0 Å². The molecule has 0 spiro atoms. The second-order valence-electron chi connectivity index (χ2n) is 13.0. The van der Waals surface area contributed by atoms with Crippen molar-refractivity contribution < 1.29 is 65.1 Å². The molecule has 0 bridgehead atoms. The average Bonchev–Trinajstić information content (AvgIpc) is 3.80. The zero-order chi connectivity index (χ0) is 40.0. The molecule has 0 amide bonds. The highest BCUT2D eigenvalue weighted by molar-refractivity contribution is 5.88.